The molecule has 1 aromatic heterocycles. The van der Waals surface area contributed by atoms with Gasteiger partial charge in [-0.05, 0) is 29.8 Å². The van der Waals surface area contributed by atoms with Crippen molar-refractivity contribution in [2.24, 2.45) is 0 Å². The number of anilines is 1. The van der Waals surface area contributed by atoms with Crippen molar-refractivity contribution < 1.29 is 14.3 Å². The fourth-order valence-electron chi connectivity index (χ4n) is 2.61. The number of nitrogens with zero attached hydrogens (tertiary/aromatic N) is 2. The Kier molecular flexibility index (Phi) is 6.20. The number of terminal acetylenes is 1. The molecule has 1 amide bonds. The van der Waals surface area contributed by atoms with Crippen molar-refractivity contribution in [2.75, 3.05) is 19.0 Å². The van der Waals surface area contributed by atoms with Gasteiger partial charge in [0.1, 0.15) is 12.4 Å². The molecule has 6 nitrogen and oxygen atoms in total. The fraction of sp³-hybridized carbons (Fsp3) is 0.143. The molecule has 0 atom stereocenters. The Bertz CT molecular complexity index is 1010. The SMILES string of the molecule is C#CCOc1ccc(-n2nccc2NC(=O)Cc2ccc(Cl)cc2)cc1OC. The maximum absolute atomic E-state index is 12.4. The van der Waals surface area contributed by atoms with E-state index in [1.54, 1.807) is 54.4 Å². The first-order valence-corrected chi connectivity index (χ1v) is 8.81. The zero-order chi connectivity index (χ0) is 19.9. The number of benzene rings is 2. The highest BCUT2D eigenvalue weighted by Gasteiger charge is 2.12. The lowest BCUT2D eigenvalue weighted by Gasteiger charge is -2.13. The third-order valence-electron chi connectivity index (χ3n) is 3.89. The van der Waals surface area contributed by atoms with Gasteiger partial charge in [0, 0.05) is 17.2 Å². The number of halogens is 1. The molecule has 0 spiro atoms. The summed E-state index contributed by atoms with van der Waals surface area (Å²) in [5.74, 6) is 3.84. The van der Waals surface area contributed by atoms with Gasteiger partial charge in [-0.3, -0.25) is 4.79 Å². The number of ether oxygens (including phenoxy) is 2. The van der Waals surface area contributed by atoms with E-state index < -0.39 is 0 Å². The average Bonchev–Trinajstić information content (AvgIpc) is 3.16. The minimum Gasteiger partial charge on any atom is -0.493 e. The molecule has 0 saturated carbocycles. The summed E-state index contributed by atoms with van der Waals surface area (Å²) in [5, 5.41) is 7.78. The smallest absolute Gasteiger partial charge is 0.229 e. The summed E-state index contributed by atoms with van der Waals surface area (Å²) < 4.78 is 12.4. The highest BCUT2D eigenvalue weighted by atomic mass is 35.5. The minimum atomic E-state index is -0.162. The van der Waals surface area contributed by atoms with Gasteiger partial charge in [0.05, 0.1) is 25.4 Å². The third-order valence-corrected chi connectivity index (χ3v) is 4.14. The summed E-state index contributed by atoms with van der Waals surface area (Å²) in [6.07, 6.45) is 7.06. The third kappa shape index (κ3) is 4.64. The van der Waals surface area contributed by atoms with Crippen molar-refractivity contribution in [1.82, 2.24) is 9.78 Å². The highest BCUT2D eigenvalue weighted by molar-refractivity contribution is 6.30. The zero-order valence-corrected chi connectivity index (χ0v) is 15.9. The van der Waals surface area contributed by atoms with Crippen molar-refractivity contribution in [2.45, 2.75) is 6.42 Å². The van der Waals surface area contributed by atoms with Crippen LogP contribution in [0.1, 0.15) is 5.56 Å². The summed E-state index contributed by atoms with van der Waals surface area (Å²) >= 11 is 5.87. The van der Waals surface area contributed by atoms with Crippen LogP contribution in [0.3, 0.4) is 0 Å². The number of nitrogens with one attached hydrogen (secondary N) is 1. The summed E-state index contributed by atoms with van der Waals surface area (Å²) in [4.78, 5) is 12.4. The first kappa shape index (κ1) is 19.3. The van der Waals surface area contributed by atoms with Crippen LogP contribution in [0.2, 0.25) is 5.02 Å². The second kappa shape index (κ2) is 8.98. The molecule has 7 heteroatoms. The van der Waals surface area contributed by atoms with Crippen LogP contribution < -0.4 is 14.8 Å². The minimum absolute atomic E-state index is 0.142. The maximum Gasteiger partial charge on any atom is 0.229 e. The van der Waals surface area contributed by atoms with E-state index in [9.17, 15) is 4.79 Å². The highest BCUT2D eigenvalue weighted by Crippen LogP contribution is 2.30. The molecule has 28 heavy (non-hydrogen) atoms. The number of amides is 1. The molecule has 3 aromatic rings. The van der Waals surface area contributed by atoms with Crippen LogP contribution >= 0.6 is 11.6 Å². The molecule has 0 saturated heterocycles. The molecular weight excluding hydrogens is 378 g/mol. The number of carbonyl (C=O) groups excluding carboxylic acids is 1. The Morgan fingerprint density at radius 1 is 1.21 bits per heavy atom. The van der Waals surface area contributed by atoms with Crippen LogP contribution in [0.15, 0.2) is 54.7 Å². The number of rotatable bonds is 7. The summed E-state index contributed by atoms with van der Waals surface area (Å²) in [5.41, 5.74) is 1.57. The molecule has 0 unspecified atom stereocenters. The number of hydrogen-bond donors (Lipinski definition) is 1. The van der Waals surface area contributed by atoms with E-state index >= 15 is 0 Å². The van der Waals surface area contributed by atoms with E-state index in [-0.39, 0.29) is 18.9 Å². The molecule has 0 aliphatic heterocycles. The maximum atomic E-state index is 12.4. The first-order chi connectivity index (χ1) is 13.6. The average molecular weight is 396 g/mol. The van der Waals surface area contributed by atoms with E-state index in [0.717, 1.165) is 5.56 Å². The Morgan fingerprint density at radius 2 is 2.00 bits per heavy atom. The van der Waals surface area contributed by atoms with Crippen LogP contribution in [-0.2, 0) is 11.2 Å². The molecule has 0 radical (unpaired) electrons. The quantitative estimate of drug-likeness (QED) is 0.619. The van der Waals surface area contributed by atoms with Crippen LogP contribution in [-0.4, -0.2) is 29.4 Å². The standard InChI is InChI=1S/C21H18ClN3O3/c1-3-12-28-18-9-8-17(14-19(18)27-2)25-20(10-11-23-25)24-21(26)13-15-4-6-16(22)7-5-15/h1,4-11,14H,12-13H2,2H3,(H,24,26). The monoisotopic (exact) mass is 395 g/mol. The first-order valence-electron chi connectivity index (χ1n) is 8.43. The van der Waals surface area contributed by atoms with Gasteiger partial charge < -0.3 is 14.8 Å². The molecule has 0 aliphatic carbocycles. The van der Waals surface area contributed by atoms with E-state index in [4.69, 9.17) is 27.5 Å². The van der Waals surface area contributed by atoms with Crippen molar-refractivity contribution in [3.8, 4) is 29.5 Å². The molecule has 2 aromatic carbocycles. The lowest BCUT2D eigenvalue weighted by molar-refractivity contribution is -0.115. The van der Waals surface area contributed by atoms with Gasteiger partial charge in [0.15, 0.2) is 11.5 Å². The zero-order valence-electron chi connectivity index (χ0n) is 15.2. The Morgan fingerprint density at radius 3 is 2.71 bits per heavy atom. The van der Waals surface area contributed by atoms with Crippen LogP contribution in [0, 0.1) is 12.3 Å². The van der Waals surface area contributed by atoms with Gasteiger partial charge in [-0.15, -0.1) is 6.42 Å². The Hall–Kier alpha value is -3.43. The van der Waals surface area contributed by atoms with Crippen molar-refractivity contribution in [3.63, 3.8) is 0 Å². The van der Waals surface area contributed by atoms with Crippen LogP contribution in [0.25, 0.3) is 5.69 Å². The largest absolute Gasteiger partial charge is 0.493 e. The van der Waals surface area contributed by atoms with Gasteiger partial charge in [-0.25, -0.2) is 4.68 Å². The van der Waals surface area contributed by atoms with Gasteiger partial charge >= 0.3 is 0 Å². The lowest BCUT2D eigenvalue weighted by Crippen LogP contribution is -2.17. The van der Waals surface area contributed by atoms with Gasteiger partial charge in [0.2, 0.25) is 5.91 Å². The van der Waals surface area contributed by atoms with Crippen molar-refractivity contribution in [3.05, 3.63) is 65.3 Å². The van der Waals surface area contributed by atoms with Crippen LogP contribution in [0.4, 0.5) is 5.82 Å². The summed E-state index contributed by atoms with van der Waals surface area (Å²) in [6.45, 7) is 0.142. The predicted octanol–water partition coefficient (Wildman–Crippen LogP) is 3.73. The second-order valence-electron chi connectivity index (χ2n) is 5.81. The van der Waals surface area contributed by atoms with Gasteiger partial charge in [0.25, 0.3) is 0 Å². The molecule has 0 fully saturated rings. The van der Waals surface area contributed by atoms with Crippen LogP contribution in [0.5, 0.6) is 11.5 Å². The molecule has 1 N–H and O–H groups in total. The predicted molar refractivity (Wildman–Crippen MR) is 108 cm³/mol. The Balaban J connectivity index is 1.77. The number of aromatic nitrogens is 2. The molecule has 142 valence electrons. The van der Waals surface area contributed by atoms with E-state index in [1.807, 2.05) is 12.1 Å². The molecule has 3 rings (SSSR count). The van der Waals surface area contributed by atoms with E-state index in [0.29, 0.717) is 28.0 Å². The Labute approximate surface area is 168 Å². The van der Waals surface area contributed by atoms with E-state index in [1.165, 1.54) is 0 Å². The number of carbonyl (C=O) groups is 1. The summed E-state index contributed by atoms with van der Waals surface area (Å²) in [7, 11) is 1.54. The normalized spacial score (nSPS) is 10.2. The number of methoxy groups -OCH3 is 1. The molecule has 1 heterocycles. The van der Waals surface area contributed by atoms with Gasteiger partial charge in [-0.1, -0.05) is 29.7 Å². The topological polar surface area (TPSA) is 65.4 Å². The molecule has 0 bridgehead atoms. The fourth-order valence-corrected chi connectivity index (χ4v) is 2.73. The van der Waals surface area contributed by atoms with Crippen molar-refractivity contribution in [1.29, 1.82) is 0 Å². The summed E-state index contributed by atoms with van der Waals surface area (Å²) in [6, 6.07) is 14.2. The number of hydrogen-bond acceptors (Lipinski definition) is 4. The van der Waals surface area contributed by atoms with E-state index in [2.05, 4.69) is 16.3 Å². The molecule has 0 aliphatic rings. The molecular formula is C21H18ClN3O3. The van der Waals surface area contributed by atoms with Gasteiger partial charge in [-0.2, -0.15) is 5.10 Å². The van der Waals surface area contributed by atoms with Crippen molar-refractivity contribution >= 4 is 23.3 Å². The second-order valence-corrected chi connectivity index (χ2v) is 6.24. The lowest BCUT2D eigenvalue weighted by atomic mass is 10.1.